The standard InChI is InChI=1S/C8H10N2O3S/c11-14(12,13)7-1-2-8-6(3-7)4-9-5-10-8/h1-3,9-10H,4-5H2,(H,11,12,13). The van der Waals surface area contributed by atoms with Gasteiger partial charge in [0.05, 0.1) is 11.6 Å². The lowest BCUT2D eigenvalue weighted by molar-refractivity contribution is 0.483. The first-order valence-electron chi connectivity index (χ1n) is 4.12. The van der Waals surface area contributed by atoms with Crippen molar-refractivity contribution in [3.63, 3.8) is 0 Å². The highest BCUT2D eigenvalue weighted by atomic mass is 32.2. The van der Waals surface area contributed by atoms with Crippen LogP contribution in [0.5, 0.6) is 0 Å². The lowest BCUT2D eigenvalue weighted by Crippen LogP contribution is -2.27. The van der Waals surface area contributed by atoms with Crippen molar-refractivity contribution < 1.29 is 13.0 Å². The Morgan fingerprint density at radius 3 is 2.86 bits per heavy atom. The number of nitrogens with one attached hydrogen (secondary N) is 2. The monoisotopic (exact) mass is 214 g/mol. The van der Waals surface area contributed by atoms with Gasteiger partial charge in [0.25, 0.3) is 10.1 Å². The molecule has 1 heterocycles. The minimum Gasteiger partial charge on any atom is -0.372 e. The van der Waals surface area contributed by atoms with E-state index in [0.29, 0.717) is 13.2 Å². The van der Waals surface area contributed by atoms with Crippen LogP contribution in [0.2, 0.25) is 0 Å². The molecule has 5 nitrogen and oxygen atoms in total. The van der Waals surface area contributed by atoms with E-state index in [1.54, 1.807) is 6.07 Å². The van der Waals surface area contributed by atoms with E-state index in [1.807, 2.05) is 0 Å². The predicted molar refractivity (Wildman–Crippen MR) is 51.6 cm³/mol. The summed E-state index contributed by atoms with van der Waals surface area (Å²) in [5.74, 6) is 0. The highest BCUT2D eigenvalue weighted by molar-refractivity contribution is 7.85. The molecule has 1 aromatic rings. The van der Waals surface area contributed by atoms with Crippen LogP contribution < -0.4 is 10.6 Å². The number of fused-ring (bicyclic) bond motifs is 1. The van der Waals surface area contributed by atoms with Crippen LogP contribution in [0.15, 0.2) is 23.1 Å². The number of rotatable bonds is 1. The Morgan fingerprint density at radius 1 is 1.36 bits per heavy atom. The van der Waals surface area contributed by atoms with Gasteiger partial charge in [-0.05, 0) is 23.8 Å². The molecule has 0 aromatic heterocycles. The number of hydrogen-bond acceptors (Lipinski definition) is 4. The Balaban J connectivity index is 2.49. The second kappa shape index (κ2) is 3.23. The second-order valence-electron chi connectivity index (χ2n) is 3.07. The summed E-state index contributed by atoms with van der Waals surface area (Å²) in [5, 5.41) is 6.09. The van der Waals surface area contributed by atoms with Gasteiger partial charge in [-0.15, -0.1) is 0 Å². The van der Waals surface area contributed by atoms with E-state index < -0.39 is 10.1 Å². The van der Waals surface area contributed by atoms with Gasteiger partial charge < -0.3 is 5.32 Å². The molecule has 0 atom stereocenters. The summed E-state index contributed by atoms with van der Waals surface area (Å²) < 4.78 is 30.5. The Morgan fingerprint density at radius 2 is 2.14 bits per heavy atom. The molecule has 0 unspecified atom stereocenters. The molecule has 6 heteroatoms. The summed E-state index contributed by atoms with van der Waals surface area (Å²) in [6, 6.07) is 4.50. The van der Waals surface area contributed by atoms with E-state index >= 15 is 0 Å². The minimum absolute atomic E-state index is 0.0678. The van der Waals surface area contributed by atoms with Crippen LogP contribution in [0.1, 0.15) is 5.56 Å². The van der Waals surface area contributed by atoms with Gasteiger partial charge in [0.15, 0.2) is 0 Å². The number of benzene rings is 1. The van der Waals surface area contributed by atoms with Crippen LogP contribution in [0, 0.1) is 0 Å². The highest BCUT2D eigenvalue weighted by Gasteiger charge is 2.14. The predicted octanol–water partition coefficient (Wildman–Crippen LogP) is 0.406. The van der Waals surface area contributed by atoms with Crippen LogP contribution in [0.3, 0.4) is 0 Å². The molecule has 0 aliphatic carbocycles. The average Bonchev–Trinajstić information content (AvgIpc) is 2.16. The van der Waals surface area contributed by atoms with E-state index in [4.69, 9.17) is 4.55 Å². The zero-order valence-corrected chi connectivity index (χ0v) is 8.13. The first kappa shape index (κ1) is 9.45. The van der Waals surface area contributed by atoms with Gasteiger partial charge >= 0.3 is 0 Å². The summed E-state index contributed by atoms with van der Waals surface area (Å²) in [7, 11) is -4.09. The zero-order valence-electron chi connectivity index (χ0n) is 7.32. The summed E-state index contributed by atoms with van der Waals surface area (Å²) in [4.78, 5) is -0.0678. The summed E-state index contributed by atoms with van der Waals surface area (Å²) in [5.41, 5.74) is 1.74. The zero-order chi connectivity index (χ0) is 10.2. The molecular formula is C8H10N2O3S. The molecule has 2 rings (SSSR count). The molecule has 0 fully saturated rings. The molecule has 0 radical (unpaired) electrons. The molecule has 1 aliphatic rings. The molecule has 3 N–H and O–H groups in total. The van der Waals surface area contributed by atoms with Crippen LogP contribution >= 0.6 is 0 Å². The van der Waals surface area contributed by atoms with Crippen molar-refractivity contribution in [3.8, 4) is 0 Å². The van der Waals surface area contributed by atoms with Crippen molar-refractivity contribution >= 4 is 15.8 Å². The van der Waals surface area contributed by atoms with E-state index in [9.17, 15) is 8.42 Å². The van der Waals surface area contributed by atoms with Gasteiger partial charge in [0.2, 0.25) is 0 Å². The molecule has 0 amide bonds. The smallest absolute Gasteiger partial charge is 0.294 e. The van der Waals surface area contributed by atoms with Gasteiger partial charge in [-0.25, -0.2) is 0 Å². The van der Waals surface area contributed by atoms with Crippen LogP contribution in [0.25, 0.3) is 0 Å². The molecule has 76 valence electrons. The van der Waals surface area contributed by atoms with Crippen LogP contribution in [-0.2, 0) is 16.7 Å². The second-order valence-corrected chi connectivity index (χ2v) is 4.50. The van der Waals surface area contributed by atoms with Gasteiger partial charge in [-0.2, -0.15) is 8.42 Å². The van der Waals surface area contributed by atoms with Gasteiger partial charge in [0.1, 0.15) is 0 Å². The molecule has 0 spiro atoms. The highest BCUT2D eigenvalue weighted by Crippen LogP contribution is 2.21. The SMILES string of the molecule is O=S(=O)(O)c1ccc2c(c1)CNCN2. The normalized spacial score (nSPS) is 15.8. The molecule has 0 bridgehead atoms. The molecule has 14 heavy (non-hydrogen) atoms. The first-order valence-corrected chi connectivity index (χ1v) is 5.56. The molecular weight excluding hydrogens is 204 g/mol. The summed E-state index contributed by atoms with van der Waals surface area (Å²) >= 11 is 0. The fourth-order valence-electron chi connectivity index (χ4n) is 1.40. The topological polar surface area (TPSA) is 78.4 Å². The fourth-order valence-corrected chi connectivity index (χ4v) is 1.94. The van der Waals surface area contributed by atoms with Crippen molar-refractivity contribution in [2.45, 2.75) is 11.4 Å². The minimum atomic E-state index is -4.09. The maximum Gasteiger partial charge on any atom is 0.294 e. The summed E-state index contributed by atoms with van der Waals surface area (Å²) in [6.07, 6.45) is 0. The molecule has 1 aromatic carbocycles. The quantitative estimate of drug-likeness (QED) is 0.590. The third-order valence-corrected chi connectivity index (χ3v) is 2.94. The fraction of sp³-hybridized carbons (Fsp3) is 0.250. The first-order chi connectivity index (χ1) is 6.57. The lowest BCUT2D eigenvalue weighted by Gasteiger charge is -2.19. The van der Waals surface area contributed by atoms with Crippen LogP contribution in [0.4, 0.5) is 5.69 Å². The number of hydrogen-bond donors (Lipinski definition) is 3. The largest absolute Gasteiger partial charge is 0.372 e. The molecule has 0 saturated heterocycles. The third kappa shape index (κ3) is 1.72. The Kier molecular flexibility index (Phi) is 2.18. The van der Waals surface area contributed by atoms with Crippen LogP contribution in [-0.4, -0.2) is 19.6 Å². The Bertz CT molecular complexity index is 456. The Labute approximate surface area is 81.9 Å². The van der Waals surface area contributed by atoms with Crippen molar-refractivity contribution in [3.05, 3.63) is 23.8 Å². The van der Waals surface area contributed by atoms with Gasteiger partial charge in [-0.1, -0.05) is 0 Å². The van der Waals surface area contributed by atoms with Crippen molar-refractivity contribution in [2.75, 3.05) is 12.0 Å². The van der Waals surface area contributed by atoms with E-state index in [1.165, 1.54) is 12.1 Å². The van der Waals surface area contributed by atoms with Gasteiger partial charge in [0, 0.05) is 12.2 Å². The maximum atomic E-state index is 10.8. The van der Waals surface area contributed by atoms with Crippen molar-refractivity contribution in [1.29, 1.82) is 0 Å². The van der Waals surface area contributed by atoms with Crippen molar-refractivity contribution in [2.24, 2.45) is 0 Å². The average molecular weight is 214 g/mol. The molecule has 1 aliphatic heterocycles. The lowest BCUT2D eigenvalue weighted by atomic mass is 10.1. The summed E-state index contributed by atoms with van der Waals surface area (Å²) in [6.45, 7) is 1.27. The molecule has 0 saturated carbocycles. The maximum absolute atomic E-state index is 10.8. The number of anilines is 1. The van der Waals surface area contributed by atoms with Gasteiger partial charge in [-0.3, -0.25) is 9.87 Å². The van der Waals surface area contributed by atoms with E-state index in [2.05, 4.69) is 10.6 Å². The van der Waals surface area contributed by atoms with Crippen molar-refractivity contribution in [1.82, 2.24) is 5.32 Å². The Hall–Kier alpha value is -1.11. The van der Waals surface area contributed by atoms with E-state index in [-0.39, 0.29) is 4.90 Å². The third-order valence-electron chi connectivity index (χ3n) is 2.09. The van der Waals surface area contributed by atoms with E-state index in [0.717, 1.165) is 11.3 Å².